The minimum atomic E-state index is -1.46. The van der Waals surface area contributed by atoms with Crippen molar-refractivity contribution in [2.75, 3.05) is 12.3 Å². The van der Waals surface area contributed by atoms with Crippen molar-refractivity contribution in [3.05, 3.63) is 0 Å². The topological polar surface area (TPSA) is 258 Å². The lowest BCUT2D eigenvalue weighted by Crippen LogP contribution is -2.57. The van der Waals surface area contributed by atoms with Crippen molar-refractivity contribution >= 4 is 48.2 Å². The second-order valence-electron chi connectivity index (χ2n) is 6.60. The highest BCUT2D eigenvalue weighted by Crippen LogP contribution is 2.02. The molecule has 0 aliphatic carbocycles. The van der Waals surface area contributed by atoms with Gasteiger partial charge in [0.15, 0.2) is 5.96 Å². The number of carbonyl (C=O) groups excluding carboxylic acids is 4. The van der Waals surface area contributed by atoms with Crippen LogP contribution in [0.4, 0.5) is 0 Å². The van der Waals surface area contributed by atoms with E-state index in [1.54, 1.807) is 0 Å². The van der Waals surface area contributed by atoms with Crippen LogP contribution in [-0.2, 0) is 24.0 Å². The molecule has 0 aromatic carbocycles. The smallest absolute Gasteiger partial charge is 0.326 e. The molecule has 15 heteroatoms. The lowest BCUT2D eigenvalue weighted by Gasteiger charge is -2.23. The molecule has 0 saturated carbocycles. The maximum atomic E-state index is 12.5. The van der Waals surface area contributed by atoms with Crippen molar-refractivity contribution in [1.29, 1.82) is 0 Å². The molecule has 12 N–H and O–H groups in total. The quantitative estimate of drug-likeness (QED) is 0.0523. The lowest BCUT2D eigenvalue weighted by atomic mass is 10.1. The summed E-state index contributed by atoms with van der Waals surface area (Å²) < 4.78 is 0. The van der Waals surface area contributed by atoms with Crippen LogP contribution in [0.5, 0.6) is 0 Å². The molecule has 4 atom stereocenters. The van der Waals surface area contributed by atoms with Gasteiger partial charge >= 0.3 is 5.97 Å². The number of carbonyl (C=O) groups is 5. The molecule has 31 heavy (non-hydrogen) atoms. The van der Waals surface area contributed by atoms with E-state index >= 15 is 0 Å². The van der Waals surface area contributed by atoms with Gasteiger partial charge in [-0.2, -0.15) is 12.6 Å². The predicted octanol–water partition coefficient (Wildman–Crippen LogP) is -4.27. The Balaban J connectivity index is 5.09. The van der Waals surface area contributed by atoms with Gasteiger partial charge in [0.25, 0.3) is 0 Å². The van der Waals surface area contributed by atoms with E-state index in [2.05, 4.69) is 33.6 Å². The number of primary amides is 1. The van der Waals surface area contributed by atoms with Crippen LogP contribution < -0.4 is 38.9 Å². The van der Waals surface area contributed by atoms with E-state index < -0.39 is 60.2 Å². The van der Waals surface area contributed by atoms with Crippen LogP contribution >= 0.6 is 12.6 Å². The summed E-state index contributed by atoms with van der Waals surface area (Å²) in [6.07, 6.45) is -0.353. The number of nitrogens with two attached hydrogens (primary N) is 4. The standard InChI is InChI=1S/C16H30N8O6S/c1-7(22-13(27)8(17)6-31)12(26)24-10(5-11(18)25)14(28)23-9(15(29)30)3-2-4-21-16(19)20/h7-10,31H,2-6,17H2,1H3,(H2,18,25)(H,22,27)(H,23,28)(H,24,26)(H,29,30)(H4,19,20,21). The van der Waals surface area contributed by atoms with Crippen LogP contribution in [0.15, 0.2) is 4.99 Å². The molecule has 0 saturated heterocycles. The van der Waals surface area contributed by atoms with Gasteiger partial charge in [-0.1, -0.05) is 0 Å². The molecule has 0 aromatic heterocycles. The van der Waals surface area contributed by atoms with Crippen LogP contribution in [0.25, 0.3) is 0 Å². The van der Waals surface area contributed by atoms with Crippen LogP contribution in [0, 0.1) is 0 Å². The second kappa shape index (κ2) is 14.0. The Bertz CT molecular complexity index is 700. The van der Waals surface area contributed by atoms with Crippen molar-refractivity contribution in [3.63, 3.8) is 0 Å². The van der Waals surface area contributed by atoms with Crippen LogP contribution in [0.3, 0.4) is 0 Å². The zero-order valence-corrected chi connectivity index (χ0v) is 17.9. The number of thiol groups is 1. The number of guanidine groups is 1. The summed E-state index contributed by atoms with van der Waals surface area (Å²) in [5, 5.41) is 16.1. The number of hydrogen-bond acceptors (Lipinski definition) is 8. The zero-order valence-electron chi connectivity index (χ0n) is 17.0. The largest absolute Gasteiger partial charge is 0.480 e. The maximum absolute atomic E-state index is 12.5. The molecule has 0 aliphatic heterocycles. The summed E-state index contributed by atoms with van der Waals surface area (Å²) in [5.74, 6) is -4.73. The van der Waals surface area contributed by atoms with Gasteiger partial charge in [-0.05, 0) is 19.8 Å². The minimum absolute atomic E-state index is 0.0107. The highest BCUT2D eigenvalue weighted by atomic mass is 32.1. The number of aliphatic imine (C=N–C) groups is 1. The zero-order chi connectivity index (χ0) is 24.1. The fraction of sp³-hybridized carbons (Fsp3) is 0.625. The molecule has 0 heterocycles. The highest BCUT2D eigenvalue weighted by Gasteiger charge is 2.29. The maximum Gasteiger partial charge on any atom is 0.326 e. The Hall–Kier alpha value is -3.07. The molecule has 0 aromatic rings. The Morgan fingerprint density at radius 1 is 0.968 bits per heavy atom. The molecule has 4 amide bonds. The Morgan fingerprint density at radius 2 is 1.55 bits per heavy atom. The van der Waals surface area contributed by atoms with Crippen LogP contribution in [0.1, 0.15) is 26.2 Å². The Kier molecular flexibility index (Phi) is 12.6. The van der Waals surface area contributed by atoms with E-state index in [-0.39, 0.29) is 31.1 Å². The third-order valence-electron chi connectivity index (χ3n) is 3.88. The first-order valence-electron chi connectivity index (χ1n) is 9.23. The highest BCUT2D eigenvalue weighted by molar-refractivity contribution is 7.80. The van der Waals surface area contributed by atoms with Gasteiger partial charge in [0.05, 0.1) is 12.5 Å². The normalized spacial score (nSPS) is 14.3. The second-order valence-corrected chi connectivity index (χ2v) is 6.96. The minimum Gasteiger partial charge on any atom is -0.480 e. The molecule has 0 spiro atoms. The molecular weight excluding hydrogens is 432 g/mol. The van der Waals surface area contributed by atoms with Gasteiger partial charge in [0.2, 0.25) is 23.6 Å². The van der Waals surface area contributed by atoms with Gasteiger partial charge in [-0.15, -0.1) is 0 Å². The number of amides is 4. The first-order valence-corrected chi connectivity index (χ1v) is 9.86. The predicted molar refractivity (Wildman–Crippen MR) is 115 cm³/mol. The third kappa shape index (κ3) is 11.6. The van der Waals surface area contributed by atoms with Gasteiger partial charge in [-0.3, -0.25) is 24.2 Å². The summed E-state index contributed by atoms with van der Waals surface area (Å²) in [5.41, 5.74) is 21.0. The fourth-order valence-electron chi connectivity index (χ4n) is 2.21. The van der Waals surface area contributed by atoms with Crippen molar-refractivity contribution in [2.45, 2.75) is 50.4 Å². The molecule has 0 aliphatic rings. The SMILES string of the molecule is CC(NC(=O)C(N)CS)C(=O)NC(CC(N)=O)C(=O)NC(CCCN=C(N)N)C(=O)O. The first kappa shape index (κ1) is 27.9. The van der Waals surface area contributed by atoms with E-state index in [0.29, 0.717) is 0 Å². The van der Waals surface area contributed by atoms with Crippen molar-refractivity contribution in [1.82, 2.24) is 16.0 Å². The van der Waals surface area contributed by atoms with Crippen LogP contribution in [0.2, 0.25) is 0 Å². The van der Waals surface area contributed by atoms with E-state index in [0.717, 1.165) is 0 Å². The third-order valence-corrected chi connectivity index (χ3v) is 4.28. The molecular formula is C16H30N8O6S. The van der Waals surface area contributed by atoms with Crippen molar-refractivity contribution in [2.24, 2.45) is 27.9 Å². The average molecular weight is 463 g/mol. The number of rotatable bonds is 14. The number of carboxylic acid groups (broad SMARTS) is 1. The molecule has 4 unspecified atom stereocenters. The summed E-state index contributed by atoms with van der Waals surface area (Å²) in [7, 11) is 0. The molecule has 0 fully saturated rings. The lowest BCUT2D eigenvalue weighted by molar-refractivity contribution is -0.142. The molecule has 0 radical (unpaired) electrons. The summed E-state index contributed by atoms with van der Waals surface area (Å²) in [6, 6.07) is -4.82. The van der Waals surface area contributed by atoms with E-state index in [1.807, 2.05) is 0 Å². The van der Waals surface area contributed by atoms with Gasteiger partial charge in [-0.25, -0.2) is 4.79 Å². The number of nitrogens with one attached hydrogen (secondary N) is 3. The van der Waals surface area contributed by atoms with Crippen LogP contribution in [-0.4, -0.2) is 77.1 Å². The molecule has 0 rings (SSSR count). The van der Waals surface area contributed by atoms with Crippen molar-refractivity contribution in [3.8, 4) is 0 Å². The monoisotopic (exact) mass is 462 g/mol. The summed E-state index contributed by atoms with van der Waals surface area (Å²) >= 11 is 3.88. The van der Waals surface area contributed by atoms with E-state index in [1.165, 1.54) is 6.92 Å². The molecule has 14 nitrogen and oxygen atoms in total. The average Bonchev–Trinajstić information content (AvgIpc) is 2.67. The number of nitrogens with zero attached hydrogens (tertiary/aromatic N) is 1. The van der Waals surface area contributed by atoms with Crippen molar-refractivity contribution < 1.29 is 29.1 Å². The summed E-state index contributed by atoms with van der Waals surface area (Å²) in [4.78, 5) is 63.0. The number of aliphatic carboxylic acids is 1. The van der Waals surface area contributed by atoms with Gasteiger partial charge in [0.1, 0.15) is 18.1 Å². The Labute approximate surface area is 184 Å². The molecule has 176 valence electrons. The number of hydrogen-bond donors (Lipinski definition) is 9. The number of carboxylic acids is 1. The molecule has 0 bridgehead atoms. The van der Waals surface area contributed by atoms with E-state index in [4.69, 9.17) is 22.9 Å². The Morgan fingerprint density at radius 3 is 2.03 bits per heavy atom. The fourth-order valence-corrected chi connectivity index (χ4v) is 2.38. The van der Waals surface area contributed by atoms with Gasteiger partial charge in [0, 0.05) is 12.3 Å². The van der Waals surface area contributed by atoms with Gasteiger partial charge < -0.3 is 44.0 Å². The van der Waals surface area contributed by atoms with E-state index in [9.17, 15) is 29.1 Å². The summed E-state index contributed by atoms with van der Waals surface area (Å²) in [6.45, 7) is 1.48. The first-order chi connectivity index (χ1) is 14.4.